The fourth-order valence-electron chi connectivity index (χ4n) is 3.23. The fraction of sp³-hybridized carbons (Fsp3) is 0.412. The first-order valence-corrected chi connectivity index (χ1v) is 7.59. The Morgan fingerprint density at radius 1 is 1.36 bits per heavy atom. The lowest BCUT2D eigenvalue weighted by atomic mass is 10.1. The minimum absolute atomic E-state index is 0.00639. The number of nitrogens with one attached hydrogen (secondary N) is 1. The summed E-state index contributed by atoms with van der Waals surface area (Å²) in [5.41, 5.74) is 0.494. The number of benzene rings is 1. The molecule has 0 spiro atoms. The Morgan fingerprint density at radius 2 is 2.23 bits per heavy atom. The molecule has 2 bridgehead atoms. The van der Waals surface area contributed by atoms with Crippen molar-refractivity contribution in [2.75, 3.05) is 13.7 Å². The number of carbonyl (C=O) groups excluding carboxylic acids is 2. The molecule has 2 aliphatic rings. The third-order valence-corrected chi connectivity index (χ3v) is 4.33. The molecular formula is C17H20N2O3. The van der Waals surface area contributed by atoms with E-state index in [1.54, 1.807) is 31.4 Å². The Kier molecular flexibility index (Phi) is 4.13. The van der Waals surface area contributed by atoms with Gasteiger partial charge in [0.1, 0.15) is 5.75 Å². The molecule has 2 aliphatic heterocycles. The normalized spacial score (nSPS) is 22.5. The van der Waals surface area contributed by atoms with Gasteiger partial charge in [0, 0.05) is 11.6 Å². The molecule has 1 N–H and O–H groups in total. The van der Waals surface area contributed by atoms with Gasteiger partial charge < -0.3 is 15.0 Å². The summed E-state index contributed by atoms with van der Waals surface area (Å²) in [7, 11) is 1.56. The summed E-state index contributed by atoms with van der Waals surface area (Å²) in [6.07, 6.45) is 7.25. The fourth-order valence-corrected chi connectivity index (χ4v) is 3.23. The molecule has 0 radical (unpaired) electrons. The van der Waals surface area contributed by atoms with Crippen molar-refractivity contribution in [2.24, 2.45) is 0 Å². The maximum atomic E-state index is 12.4. The molecular weight excluding hydrogens is 280 g/mol. The van der Waals surface area contributed by atoms with E-state index in [1.165, 1.54) is 0 Å². The highest BCUT2D eigenvalue weighted by Crippen LogP contribution is 2.31. The van der Waals surface area contributed by atoms with Gasteiger partial charge in [-0.2, -0.15) is 0 Å². The number of hydrogen-bond acceptors (Lipinski definition) is 3. The third-order valence-electron chi connectivity index (χ3n) is 4.33. The summed E-state index contributed by atoms with van der Waals surface area (Å²) < 4.78 is 5.10. The van der Waals surface area contributed by atoms with Crippen molar-refractivity contribution in [2.45, 2.75) is 31.3 Å². The van der Waals surface area contributed by atoms with Crippen LogP contribution in [0.15, 0.2) is 36.4 Å². The first-order chi connectivity index (χ1) is 10.7. The summed E-state index contributed by atoms with van der Waals surface area (Å²) >= 11 is 0. The van der Waals surface area contributed by atoms with E-state index >= 15 is 0 Å². The van der Waals surface area contributed by atoms with Crippen molar-refractivity contribution in [3.05, 3.63) is 42.0 Å². The third kappa shape index (κ3) is 2.84. The second-order valence-corrected chi connectivity index (χ2v) is 5.68. The monoisotopic (exact) mass is 300 g/mol. The van der Waals surface area contributed by atoms with Gasteiger partial charge in [-0.25, -0.2) is 0 Å². The van der Waals surface area contributed by atoms with Crippen LogP contribution in [0.3, 0.4) is 0 Å². The number of ether oxygens (including phenoxy) is 1. The van der Waals surface area contributed by atoms with Crippen molar-refractivity contribution >= 4 is 11.8 Å². The molecule has 1 saturated heterocycles. The molecule has 1 aromatic carbocycles. The van der Waals surface area contributed by atoms with Gasteiger partial charge in [-0.3, -0.25) is 9.59 Å². The van der Waals surface area contributed by atoms with Crippen molar-refractivity contribution in [1.29, 1.82) is 0 Å². The Balaban J connectivity index is 1.59. The van der Waals surface area contributed by atoms with Gasteiger partial charge in [-0.1, -0.05) is 18.2 Å². The van der Waals surface area contributed by atoms with E-state index in [9.17, 15) is 9.59 Å². The number of nitrogens with zero attached hydrogens (tertiary/aromatic N) is 1. The quantitative estimate of drug-likeness (QED) is 0.862. The van der Waals surface area contributed by atoms with Gasteiger partial charge in [0.25, 0.3) is 5.91 Å². The number of methoxy groups -OCH3 is 1. The van der Waals surface area contributed by atoms with Crippen LogP contribution >= 0.6 is 0 Å². The molecule has 2 unspecified atom stereocenters. The molecule has 1 fully saturated rings. The second-order valence-electron chi connectivity index (χ2n) is 5.68. The molecule has 22 heavy (non-hydrogen) atoms. The molecule has 5 nitrogen and oxygen atoms in total. The lowest BCUT2D eigenvalue weighted by molar-refractivity contribution is -0.132. The van der Waals surface area contributed by atoms with Crippen LogP contribution in [0.4, 0.5) is 0 Å². The van der Waals surface area contributed by atoms with E-state index in [0.717, 1.165) is 19.3 Å². The van der Waals surface area contributed by atoms with E-state index < -0.39 is 0 Å². The van der Waals surface area contributed by atoms with Crippen molar-refractivity contribution in [1.82, 2.24) is 10.2 Å². The van der Waals surface area contributed by atoms with Gasteiger partial charge in [0.2, 0.25) is 5.91 Å². The number of rotatable bonds is 4. The zero-order valence-electron chi connectivity index (χ0n) is 12.6. The molecule has 2 amide bonds. The van der Waals surface area contributed by atoms with Crippen LogP contribution in [-0.4, -0.2) is 42.5 Å². The van der Waals surface area contributed by atoms with Crippen LogP contribution in [0.25, 0.3) is 0 Å². The first-order valence-electron chi connectivity index (χ1n) is 7.59. The topological polar surface area (TPSA) is 58.6 Å². The van der Waals surface area contributed by atoms with Crippen molar-refractivity contribution in [3.8, 4) is 5.75 Å². The van der Waals surface area contributed by atoms with Crippen LogP contribution in [0.1, 0.15) is 29.6 Å². The molecule has 3 rings (SSSR count). The summed E-state index contributed by atoms with van der Waals surface area (Å²) in [6.45, 7) is 0.0386. The van der Waals surface area contributed by atoms with Gasteiger partial charge in [0.05, 0.1) is 19.7 Å². The molecule has 0 aromatic heterocycles. The Labute approximate surface area is 129 Å². The smallest absolute Gasteiger partial charge is 0.251 e. The highest BCUT2D eigenvalue weighted by Gasteiger charge is 2.36. The molecule has 0 aliphatic carbocycles. The van der Waals surface area contributed by atoms with Crippen molar-refractivity contribution in [3.63, 3.8) is 0 Å². The standard InChI is InChI=1S/C17H20N2O3/c1-22-15-7-2-4-12(10-15)17(21)18-11-16(20)19-13-5-3-6-14(19)9-8-13/h2-5,7,10,13-14H,6,8-9,11H2,1H3,(H,18,21). The Bertz CT molecular complexity index is 612. The van der Waals surface area contributed by atoms with Gasteiger partial charge >= 0.3 is 0 Å². The van der Waals surface area contributed by atoms with E-state index in [-0.39, 0.29) is 24.4 Å². The lowest BCUT2D eigenvalue weighted by Crippen LogP contribution is -2.47. The van der Waals surface area contributed by atoms with Gasteiger partial charge in [-0.15, -0.1) is 0 Å². The summed E-state index contributed by atoms with van der Waals surface area (Å²) in [5, 5.41) is 2.71. The zero-order valence-corrected chi connectivity index (χ0v) is 12.6. The molecule has 2 atom stereocenters. The van der Waals surface area contributed by atoms with E-state index in [1.807, 2.05) is 4.90 Å². The van der Waals surface area contributed by atoms with Gasteiger partial charge in [0.15, 0.2) is 0 Å². The highest BCUT2D eigenvalue weighted by atomic mass is 16.5. The first kappa shape index (κ1) is 14.6. The Morgan fingerprint density at radius 3 is 3.00 bits per heavy atom. The van der Waals surface area contributed by atoms with Crippen LogP contribution in [0.2, 0.25) is 0 Å². The van der Waals surface area contributed by atoms with Crippen LogP contribution in [0, 0.1) is 0 Å². The molecule has 0 saturated carbocycles. The minimum Gasteiger partial charge on any atom is -0.497 e. The van der Waals surface area contributed by atoms with E-state index in [4.69, 9.17) is 4.74 Å². The average Bonchev–Trinajstić information content (AvgIpc) is 2.81. The van der Waals surface area contributed by atoms with Crippen LogP contribution in [0.5, 0.6) is 5.75 Å². The maximum absolute atomic E-state index is 12.4. The number of carbonyl (C=O) groups is 2. The summed E-state index contributed by atoms with van der Waals surface area (Å²) in [5.74, 6) is 0.360. The van der Waals surface area contributed by atoms with Crippen LogP contribution < -0.4 is 10.1 Å². The molecule has 5 heteroatoms. The number of amides is 2. The van der Waals surface area contributed by atoms with Crippen molar-refractivity contribution < 1.29 is 14.3 Å². The average molecular weight is 300 g/mol. The van der Waals surface area contributed by atoms with Gasteiger partial charge in [-0.05, 0) is 37.5 Å². The summed E-state index contributed by atoms with van der Waals surface area (Å²) in [6, 6.07) is 7.41. The largest absolute Gasteiger partial charge is 0.497 e. The zero-order chi connectivity index (χ0) is 15.5. The number of hydrogen-bond donors (Lipinski definition) is 1. The van der Waals surface area contributed by atoms with Crippen LogP contribution in [-0.2, 0) is 4.79 Å². The minimum atomic E-state index is -0.257. The molecule has 1 aromatic rings. The predicted octanol–water partition coefficient (Wildman–Crippen LogP) is 1.74. The molecule has 2 heterocycles. The summed E-state index contributed by atoms with van der Waals surface area (Å²) in [4.78, 5) is 26.4. The predicted molar refractivity (Wildman–Crippen MR) is 82.7 cm³/mol. The lowest BCUT2D eigenvalue weighted by Gasteiger charge is -2.31. The second kappa shape index (κ2) is 6.22. The molecule has 116 valence electrons. The Hall–Kier alpha value is -2.30. The van der Waals surface area contributed by atoms with E-state index in [0.29, 0.717) is 17.4 Å². The highest BCUT2D eigenvalue weighted by molar-refractivity contribution is 5.96. The SMILES string of the molecule is COc1cccc(C(=O)NCC(=O)N2C3C=CCC2CC3)c1. The van der Waals surface area contributed by atoms with E-state index in [2.05, 4.69) is 17.5 Å². The number of fused-ring (bicyclic) bond motifs is 2. The maximum Gasteiger partial charge on any atom is 0.251 e.